The molecule has 0 bridgehead atoms. The smallest absolute Gasteiger partial charge is 0.307 e. The molecule has 0 aromatic heterocycles. The molecule has 150 valence electrons. The summed E-state index contributed by atoms with van der Waals surface area (Å²) in [5.74, 6) is -1.23. The number of anilines is 1. The molecule has 0 radical (unpaired) electrons. The van der Waals surface area contributed by atoms with Crippen LogP contribution in [0.3, 0.4) is 0 Å². The summed E-state index contributed by atoms with van der Waals surface area (Å²) in [5.41, 5.74) is 2.71. The molecule has 1 amide bonds. The molecule has 0 aliphatic heterocycles. The average Bonchev–Trinajstić information content (AvgIpc) is 2.73. The van der Waals surface area contributed by atoms with Crippen molar-refractivity contribution in [3.63, 3.8) is 0 Å². The van der Waals surface area contributed by atoms with Gasteiger partial charge >= 0.3 is 5.97 Å². The largest absolute Gasteiger partial charge is 0.453 e. The molecule has 1 atom stereocenters. The lowest BCUT2D eigenvalue weighted by molar-refractivity contribution is -0.153. The van der Waals surface area contributed by atoms with Crippen LogP contribution in [0.5, 0.6) is 0 Å². The van der Waals surface area contributed by atoms with Crippen LogP contribution in [0.15, 0.2) is 48.5 Å². The quantitative estimate of drug-likeness (QED) is 0.513. The van der Waals surface area contributed by atoms with E-state index >= 15 is 0 Å². The number of Topliss-reactive ketones (excluding diaryl/α,β-unsaturated/α-hetero) is 1. The van der Waals surface area contributed by atoms with Crippen molar-refractivity contribution in [1.82, 2.24) is 0 Å². The van der Waals surface area contributed by atoms with Gasteiger partial charge in [-0.05, 0) is 43.2 Å². The van der Waals surface area contributed by atoms with Gasteiger partial charge in [-0.15, -0.1) is 0 Å². The summed E-state index contributed by atoms with van der Waals surface area (Å²) in [6.07, 6.45) is 0.931. The van der Waals surface area contributed by atoms with Crippen molar-refractivity contribution in [3.8, 4) is 6.07 Å². The Morgan fingerprint density at radius 1 is 1.03 bits per heavy atom. The van der Waals surface area contributed by atoms with Gasteiger partial charge in [0, 0.05) is 17.7 Å². The lowest BCUT2D eigenvalue weighted by atomic mass is 10.0. The van der Waals surface area contributed by atoms with Gasteiger partial charge in [0.15, 0.2) is 11.9 Å². The van der Waals surface area contributed by atoms with Crippen molar-refractivity contribution < 1.29 is 19.1 Å². The highest BCUT2D eigenvalue weighted by Gasteiger charge is 2.19. The van der Waals surface area contributed by atoms with Crippen LogP contribution in [-0.4, -0.2) is 23.8 Å². The van der Waals surface area contributed by atoms with Gasteiger partial charge in [-0.1, -0.05) is 37.6 Å². The molecule has 0 aliphatic rings. The van der Waals surface area contributed by atoms with Gasteiger partial charge in [0.05, 0.1) is 18.1 Å². The van der Waals surface area contributed by atoms with E-state index in [0.717, 1.165) is 12.8 Å². The summed E-state index contributed by atoms with van der Waals surface area (Å²) in [6.45, 7) is 3.56. The van der Waals surface area contributed by atoms with Gasteiger partial charge in [0.1, 0.15) is 0 Å². The lowest BCUT2D eigenvalue weighted by Crippen LogP contribution is -2.30. The molecule has 0 fully saturated rings. The number of esters is 1. The van der Waals surface area contributed by atoms with Crippen molar-refractivity contribution in [1.29, 1.82) is 5.26 Å². The van der Waals surface area contributed by atoms with Crippen LogP contribution in [0, 0.1) is 11.3 Å². The number of benzene rings is 2. The van der Waals surface area contributed by atoms with Crippen molar-refractivity contribution in [3.05, 3.63) is 65.2 Å². The number of ether oxygens (including phenoxy) is 1. The summed E-state index contributed by atoms with van der Waals surface area (Å²) in [4.78, 5) is 36.3. The van der Waals surface area contributed by atoms with E-state index in [9.17, 15) is 14.4 Å². The van der Waals surface area contributed by atoms with Crippen LogP contribution < -0.4 is 5.32 Å². The number of nitriles is 1. The Hall–Kier alpha value is -3.46. The first-order chi connectivity index (χ1) is 13.9. The van der Waals surface area contributed by atoms with E-state index < -0.39 is 18.0 Å². The number of nitrogens with zero attached hydrogens (tertiary/aromatic N) is 1. The van der Waals surface area contributed by atoms with Crippen molar-refractivity contribution in [2.24, 2.45) is 0 Å². The summed E-state index contributed by atoms with van der Waals surface area (Å²) >= 11 is 0. The van der Waals surface area contributed by atoms with E-state index in [0.29, 0.717) is 16.8 Å². The molecular weight excluding hydrogens is 368 g/mol. The summed E-state index contributed by atoms with van der Waals surface area (Å²) in [7, 11) is 0. The molecule has 29 heavy (non-hydrogen) atoms. The van der Waals surface area contributed by atoms with Crippen molar-refractivity contribution in [2.75, 3.05) is 5.32 Å². The van der Waals surface area contributed by atoms with Crippen LogP contribution in [0.1, 0.15) is 54.6 Å². The molecule has 6 nitrogen and oxygen atoms in total. The molecule has 6 heteroatoms. The molecule has 2 aromatic rings. The first kappa shape index (κ1) is 21.8. The standard InChI is InChI=1S/C23H24N2O4/c1-3-4-17-5-9-19(10-6-17)21(26)13-14-22(27)29-16(2)23(28)25-20-11-7-18(15-24)8-12-20/h5-12,16H,3-4,13-14H2,1-2H3,(H,25,28)/t16-/m1/s1. The van der Waals surface area contributed by atoms with Crippen LogP contribution in [0.4, 0.5) is 5.69 Å². The van der Waals surface area contributed by atoms with E-state index in [1.165, 1.54) is 12.5 Å². The third kappa shape index (κ3) is 6.89. The number of carbonyl (C=O) groups is 3. The number of aryl methyl sites for hydroxylation is 1. The Balaban J connectivity index is 1.79. The Kier molecular flexibility index (Phi) is 8.11. The molecule has 2 rings (SSSR count). The molecular formula is C23H24N2O4. The van der Waals surface area contributed by atoms with Crippen LogP contribution in [0.2, 0.25) is 0 Å². The SMILES string of the molecule is CCCc1ccc(C(=O)CCC(=O)O[C@H](C)C(=O)Nc2ccc(C#N)cc2)cc1. The minimum atomic E-state index is -0.999. The minimum absolute atomic E-state index is 0.0237. The Morgan fingerprint density at radius 2 is 1.69 bits per heavy atom. The maximum Gasteiger partial charge on any atom is 0.307 e. The average molecular weight is 392 g/mol. The third-order valence-electron chi connectivity index (χ3n) is 4.33. The number of amides is 1. The summed E-state index contributed by atoms with van der Waals surface area (Å²) in [6, 6.07) is 15.7. The third-order valence-corrected chi connectivity index (χ3v) is 4.33. The molecule has 0 heterocycles. The number of ketones is 1. The zero-order chi connectivity index (χ0) is 21.2. The fourth-order valence-electron chi connectivity index (χ4n) is 2.69. The molecule has 0 unspecified atom stereocenters. The number of hydrogen-bond acceptors (Lipinski definition) is 5. The van der Waals surface area contributed by atoms with Crippen LogP contribution in [-0.2, 0) is 20.7 Å². The van der Waals surface area contributed by atoms with Gasteiger partial charge in [0.2, 0.25) is 0 Å². The van der Waals surface area contributed by atoms with Crippen LogP contribution >= 0.6 is 0 Å². The maximum absolute atomic E-state index is 12.2. The van der Waals surface area contributed by atoms with Gasteiger partial charge < -0.3 is 10.1 Å². The van der Waals surface area contributed by atoms with Gasteiger partial charge in [-0.3, -0.25) is 14.4 Å². The second kappa shape index (κ2) is 10.8. The highest BCUT2D eigenvalue weighted by molar-refractivity contribution is 5.98. The van der Waals surface area contributed by atoms with Gasteiger partial charge in [0.25, 0.3) is 5.91 Å². The first-order valence-electron chi connectivity index (χ1n) is 9.55. The Bertz CT molecular complexity index is 896. The zero-order valence-corrected chi connectivity index (χ0v) is 16.6. The highest BCUT2D eigenvalue weighted by atomic mass is 16.5. The molecule has 2 aromatic carbocycles. The monoisotopic (exact) mass is 392 g/mol. The molecule has 1 N–H and O–H groups in total. The Morgan fingerprint density at radius 3 is 2.28 bits per heavy atom. The number of nitrogens with one attached hydrogen (secondary N) is 1. The maximum atomic E-state index is 12.2. The lowest BCUT2D eigenvalue weighted by Gasteiger charge is -2.13. The van der Waals surface area contributed by atoms with Crippen molar-refractivity contribution in [2.45, 2.75) is 45.6 Å². The molecule has 0 saturated carbocycles. The summed E-state index contributed by atoms with van der Waals surface area (Å²) < 4.78 is 5.11. The van der Waals surface area contributed by atoms with E-state index in [1.54, 1.807) is 36.4 Å². The highest BCUT2D eigenvalue weighted by Crippen LogP contribution is 2.12. The van der Waals surface area contributed by atoms with E-state index in [4.69, 9.17) is 10.00 Å². The van der Waals surface area contributed by atoms with E-state index in [2.05, 4.69) is 12.2 Å². The topological polar surface area (TPSA) is 96.3 Å². The van der Waals surface area contributed by atoms with Crippen LogP contribution in [0.25, 0.3) is 0 Å². The van der Waals surface area contributed by atoms with E-state index in [1.807, 2.05) is 18.2 Å². The normalized spacial score (nSPS) is 11.2. The van der Waals surface area contributed by atoms with E-state index in [-0.39, 0.29) is 18.6 Å². The summed E-state index contributed by atoms with van der Waals surface area (Å²) in [5, 5.41) is 11.4. The van der Waals surface area contributed by atoms with Gasteiger partial charge in [-0.25, -0.2) is 0 Å². The number of rotatable bonds is 9. The van der Waals surface area contributed by atoms with Gasteiger partial charge in [-0.2, -0.15) is 5.26 Å². The van der Waals surface area contributed by atoms with Crippen molar-refractivity contribution >= 4 is 23.3 Å². The minimum Gasteiger partial charge on any atom is -0.453 e. The first-order valence-corrected chi connectivity index (χ1v) is 9.55. The number of carbonyl (C=O) groups excluding carboxylic acids is 3. The number of hydrogen-bond donors (Lipinski definition) is 1. The second-order valence-corrected chi connectivity index (χ2v) is 6.68. The fraction of sp³-hybridized carbons (Fsp3) is 0.304. The zero-order valence-electron chi connectivity index (χ0n) is 16.6. The Labute approximate surface area is 170 Å². The second-order valence-electron chi connectivity index (χ2n) is 6.68. The predicted molar refractivity (Wildman–Crippen MR) is 109 cm³/mol. The fourth-order valence-corrected chi connectivity index (χ4v) is 2.69. The molecule has 0 saturated heterocycles. The molecule has 0 spiro atoms. The molecule has 0 aliphatic carbocycles. The predicted octanol–water partition coefficient (Wildman–Crippen LogP) is 4.04.